The van der Waals surface area contributed by atoms with Crippen molar-refractivity contribution in [3.05, 3.63) is 28.7 Å². The second-order valence-electron chi connectivity index (χ2n) is 3.47. The van der Waals surface area contributed by atoms with Gasteiger partial charge in [-0.2, -0.15) is 4.31 Å². The first-order chi connectivity index (χ1) is 8.04. The summed E-state index contributed by atoms with van der Waals surface area (Å²) in [4.78, 5) is 0.302. The SMILES string of the molecule is CCN(CCCCl)S(=O)(=O)c1ccccc1Br. The Labute approximate surface area is 116 Å². The number of rotatable bonds is 6. The van der Waals surface area contributed by atoms with Gasteiger partial charge < -0.3 is 0 Å². The Hall–Kier alpha value is -0.100. The molecule has 17 heavy (non-hydrogen) atoms. The quantitative estimate of drug-likeness (QED) is 0.746. The number of alkyl halides is 1. The van der Waals surface area contributed by atoms with Gasteiger partial charge in [-0.3, -0.25) is 0 Å². The topological polar surface area (TPSA) is 37.4 Å². The normalized spacial score (nSPS) is 12.0. The molecule has 0 spiro atoms. The number of sulfonamides is 1. The molecule has 1 rings (SSSR count). The Morgan fingerprint density at radius 2 is 2.00 bits per heavy atom. The van der Waals surface area contributed by atoms with Gasteiger partial charge in [-0.1, -0.05) is 19.1 Å². The molecular weight excluding hydrogens is 326 g/mol. The summed E-state index contributed by atoms with van der Waals surface area (Å²) in [5.41, 5.74) is 0. The van der Waals surface area contributed by atoms with Crippen LogP contribution in [0.2, 0.25) is 0 Å². The summed E-state index contributed by atoms with van der Waals surface area (Å²) in [6.45, 7) is 2.72. The fraction of sp³-hybridized carbons (Fsp3) is 0.455. The third-order valence-corrected chi connectivity index (χ3v) is 5.60. The zero-order valence-corrected chi connectivity index (χ0v) is 12.7. The molecule has 96 valence electrons. The number of benzene rings is 1. The highest BCUT2D eigenvalue weighted by atomic mass is 79.9. The molecule has 0 aliphatic carbocycles. The molecule has 6 heteroatoms. The minimum absolute atomic E-state index is 0.302. The van der Waals surface area contributed by atoms with E-state index in [1.807, 2.05) is 6.92 Å². The summed E-state index contributed by atoms with van der Waals surface area (Å²) in [6.07, 6.45) is 0.652. The van der Waals surface area contributed by atoms with Gasteiger partial charge in [0.05, 0.1) is 4.90 Å². The molecule has 1 aromatic carbocycles. The van der Waals surface area contributed by atoms with Gasteiger partial charge in [0.15, 0.2) is 0 Å². The van der Waals surface area contributed by atoms with E-state index in [0.29, 0.717) is 34.8 Å². The predicted molar refractivity (Wildman–Crippen MR) is 73.9 cm³/mol. The van der Waals surface area contributed by atoms with E-state index in [-0.39, 0.29) is 0 Å². The molecule has 0 fully saturated rings. The summed E-state index contributed by atoms with van der Waals surface area (Å²) in [7, 11) is -3.43. The molecule has 0 bridgehead atoms. The molecule has 0 aliphatic rings. The van der Waals surface area contributed by atoms with Gasteiger partial charge in [-0.15, -0.1) is 11.6 Å². The molecule has 0 aromatic heterocycles. The van der Waals surface area contributed by atoms with Crippen LogP contribution < -0.4 is 0 Å². The minimum Gasteiger partial charge on any atom is -0.207 e. The van der Waals surface area contributed by atoms with Crippen molar-refractivity contribution < 1.29 is 8.42 Å². The standard InChI is InChI=1S/C11H15BrClNO2S/c1-2-14(9-5-8-13)17(15,16)11-7-4-3-6-10(11)12/h3-4,6-7H,2,5,8-9H2,1H3. The highest BCUT2D eigenvalue weighted by Crippen LogP contribution is 2.24. The Balaban J connectivity index is 3.05. The van der Waals surface area contributed by atoms with Crippen LogP contribution in [0.15, 0.2) is 33.6 Å². The maximum Gasteiger partial charge on any atom is 0.244 e. The van der Waals surface area contributed by atoms with E-state index in [0.717, 1.165) is 0 Å². The molecule has 0 radical (unpaired) electrons. The summed E-state index contributed by atoms with van der Waals surface area (Å²) >= 11 is 8.87. The van der Waals surface area contributed by atoms with Crippen molar-refractivity contribution in [2.45, 2.75) is 18.2 Å². The molecule has 0 unspecified atom stereocenters. The third kappa shape index (κ3) is 3.68. The van der Waals surface area contributed by atoms with Crippen molar-refractivity contribution in [2.75, 3.05) is 19.0 Å². The van der Waals surface area contributed by atoms with Gasteiger partial charge in [0.1, 0.15) is 0 Å². The Morgan fingerprint density at radius 3 is 2.53 bits per heavy atom. The van der Waals surface area contributed by atoms with E-state index in [1.54, 1.807) is 24.3 Å². The minimum atomic E-state index is -3.43. The molecule has 1 aromatic rings. The van der Waals surface area contributed by atoms with Crippen LogP contribution in [-0.2, 0) is 10.0 Å². The molecule has 0 N–H and O–H groups in total. The number of nitrogens with zero attached hydrogens (tertiary/aromatic N) is 1. The fourth-order valence-corrected chi connectivity index (χ4v) is 4.05. The first-order valence-corrected chi connectivity index (χ1v) is 8.11. The van der Waals surface area contributed by atoms with E-state index in [4.69, 9.17) is 11.6 Å². The van der Waals surface area contributed by atoms with Gasteiger partial charge in [0.2, 0.25) is 10.0 Å². The highest BCUT2D eigenvalue weighted by molar-refractivity contribution is 9.10. The second kappa shape index (κ2) is 6.73. The smallest absolute Gasteiger partial charge is 0.207 e. The molecule has 0 saturated heterocycles. The zero-order valence-electron chi connectivity index (χ0n) is 9.57. The van der Waals surface area contributed by atoms with E-state index in [1.165, 1.54) is 4.31 Å². The van der Waals surface area contributed by atoms with Gasteiger partial charge >= 0.3 is 0 Å². The number of hydrogen-bond acceptors (Lipinski definition) is 2. The first-order valence-electron chi connectivity index (χ1n) is 5.34. The molecule has 3 nitrogen and oxygen atoms in total. The maximum atomic E-state index is 12.3. The van der Waals surface area contributed by atoms with E-state index >= 15 is 0 Å². The van der Waals surface area contributed by atoms with Crippen LogP contribution in [0.4, 0.5) is 0 Å². The van der Waals surface area contributed by atoms with Gasteiger partial charge in [-0.25, -0.2) is 8.42 Å². The van der Waals surface area contributed by atoms with E-state index < -0.39 is 10.0 Å². The molecule has 0 atom stereocenters. The van der Waals surface area contributed by atoms with Crippen LogP contribution in [0.5, 0.6) is 0 Å². The number of hydrogen-bond donors (Lipinski definition) is 0. The van der Waals surface area contributed by atoms with Gasteiger partial charge in [0, 0.05) is 23.4 Å². The van der Waals surface area contributed by atoms with Crippen LogP contribution in [-0.4, -0.2) is 31.7 Å². The van der Waals surface area contributed by atoms with Crippen LogP contribution in [0, 0.1) is 0 Å². The molecule has 0 amide bonds. The lowest BCUT2D eigenvalue weighted by Crippen LogP contribution is -2.32. The van der Waals surface area contributed by atoms with E-state index in [9.17, 15) is 8.42 Å². The van der Waals surface area contributed by atoms with Crippen molar-refractivity contribution in [3.8, 4) is 0 Å². The van der Waals surface area contributed by atoms with Crippen LogP contribution in [0.25, 0.3) is 0 Å². The summed E-state index contributed by atoms with van der Waals surface area (Å²) in [6, 6.07) is 6.83. The van der Waals surface area contributed by atoms with Crippen molar-refractivity contribution >= 4 is 37.6 Å². The zero-order chi connectivity index (χ0) is 12.9. The monoisotopic (exact) mass is 339 g/mol. The summed E-state index contributed by atoms with van der Waals surface area (Å²) in [5.74, 6) is 0.460. The number of halogens is 2. The Bertz CT molecular complexity index is 464. The predicted octanol–water partition coefficient (Wildman–Crippen LogP) is 3.09. The summed E-state index contributed by atoms with van der Waals surface area (Å²) < 4.78 is 26.7. The summed E-state index contributed by atoms with van der Waals surface area (Å²) in [5, 5.41) is 0. The molecular formula is C11H15BrClNO2S. The fourth-order valence-electron chi connectivity index (χ4n) is 1.48. The molecule has 0 aliphatic heterocycles. The van der Waals surface area contributed by atoms with Crippen molar-refractivity contribution in [1.82, 2.24) is 4.31 Å². The van der Waals surface area contributed by atoms with Crippen LogP contribution in [0.1, 0.15) is 13.3 Å². The average Bonchev–Trinajstić information content (AvgIpc) is 2.30. The maximum absolute atomic E-state index is 12.3. The molecule has 0 heterocycles. The lowest BCUT2D eigenvalue weighted by Gasteiger charge is -2.20. The van der Waals surface area contributed by atoms with Crippen LogP contribution >= 0.6 is 27.5 Å². The lowest BCUT2D eigenvalue weighted by molar-refractivity contribution is 0.427. The van der Waals surface area contributed by atoms with Gasteiger partial charge in [0.25, 0.3) is 0 Å². The van der Waals surface area contributed by atoms with Gasteiger partial charge in [-0.05, 0) is 34.5 Å². The molecule has 0 saturated carbocycles. The van der Waals surface area contributed by atoms with Crippen LogP contribution in [0.3, 0.4) is 0 Å². The van der Waals surface area contributed by atoms with Crippen molar-refractivity contribution in [1.29, 1.82) is 0 Å². The van der Waals surface area contributed by atoms with E-state index in [2.05, 4.69) is 15.9 Å². The Kier molecular flexibility index (Phi) is 5.92. The van der Waals surface area contributed by atoms with Crippen molar-refractivity contribution in [2.24, 2.45) is 0 Å². The Morgan fingerprint density at radius 1 is 1.35 bits per heavy atom. The first kappa shape index (κ1) is 15.0. The lowest BCUT2D eigenvalue weighted by atomic mass is 10.4. The highest BCUT2D eigenvalue weighted by Gasteiger charge is 2.24. The van der Waals surface area contributed by atoms with Crippen molar-refractivity contribution in [3.63, 3.8) is 0 Å². The third-order valence-electron chi connectivity index (χ3n) is 2.35. The average molecular weight is 341 g/mol. The second-order valence-corrected chi connectivity index (χ2v) is 6.61. The largest absolute Gasteiger partial charge is 0.244 e.